The third-order valence-corrected chi connectivity index (χ3v) is 7.16. The molecule has 2 nitrogen and oxygen atoms in total. The molecule has 0 bridgehead atoms. The molecule has 0 aliphatic heterocycles. The summed E-state index contributed by atoms with van der Waals surface area (Å²) in [4.78, 5) is 15.1. The quantitative estimate of drug-likeness (QED) is 0.368. The molecule has 0 radical (unpaired) electrons. The molecule has 0 spiro atoms. The molecule has 1 atom stereocenters. The first-order valence-corrected chi connectivity index (χ1v) is 11.8. The fraction of sp³-hybridized carbons (Fsp3) is 0.208. The van der Waals surface area contributed by atoms with E-state index < -0.39 is 0 Å². The van der Waals surface area contributed by atoms with Gasteiger partial charge in [-0.2, -0.15) is 0 Å². The molecule has 0 fully saturated rings. The van der Waals surface area contributed by atoms with Gasteiger partial charge in [-0.15, -0.1) is 23.5 Å². The molecule has 0 saturated carbocycles. The number of hydrogen-bond acceptors (Lipinski definition) is 3. The van der Waals surface area contributed by atoms with E-state index >= 15 is 0 Å². The molecule has 3 aromatic rings. The van der Waals surface area contributed by atoms with Crippen molar-refractivity contribution < 1.29 is 4.79 Å². The summed E-state index contributed by atoms with van der Waals surface area (Å²) in [6.45, 7) is 4.07. The summed E-state index contributed by atoms with van der Waals surface area (Å²) in [5.74, 6) is 0.935. The van der Waals surface area contributed by atoms with E-state index in [1.807, 2.05) is 62.0 Å². The zero-order valence-electron chi connectivity index (χ0n) is 16.5. The van der Waals surface area contributed by atoms with Crippen molar-refractivity contribution in [1.29, 1.82) is 0 Å². The Morgan fingerprint density at radius 3 is 2.38 bits per heavy atom. The van der Waals surface area contributed by atoms with Gasteiger partial charge in [0.05, 0.1) is 5.25 Å². The van der Waals surface area contributed by atoms with Gasteiger partial charge in [0.25, 0.3) is 0 Å². The zero-order valence-corrected chi connectivity index (χ0v) is 18.9. The number of hydrogen-bond donors (Lipinski definition) is 1. The lowest BCUT2D eigenvalue weighted by molar-refractivity contribution is -0.115. The van der Waals surface area contributed by atoms with Crippen LogP contribution in [0.25, 0.3) is 0 Å². The number of carbonyl (C=O) groups is 1. The second-order valence-corrected chi connectivity index (χ2v) is 9.47. The average Bonchev–Trinajstić information content (AvgIpc) is 2.74. The molecular weight excluding hydrogens is 418 g/mol. The molecule has 0 aliphatic carbocycles. The van der Waals surface area contributed by atoms with Gasteiger partial charge in [-0.25, -0.2) is 0 Å². The summed E-state index contributed by atoms with van der Waals surface area (Å²) in [5, 5.41) is 3.65. The number of rotatable bonds is 8. The Morgan fingerprint density at radius 2 is 1.72 bits per heavy atom. The van der Waals surface area contributed by atoms with E-state index in [1.165, 1.54) is 10.5 Å². The Hall–Kier alpha value is -1.88. The predicted molar refractivity (Wildman–Crippen MR) is 127 cm³/mol. The number of carbonyl (C=O) groups excluding carboxylic acids is 1. The van der Waals surface area contributed by atoms with E-state index in [0.717, 1.165) is 28.3 Å². The second-order valence-electron chi connectivity index (χ2n) is 6.71. The Labute approximate surface area is 186 Å². The summed E-state index contributed by atoms with van der Waals surface area (Å²) in [7, 11) is 0. The molecule has 0 aromatic heterocycles. The van der Waals surface area contributed by atoms with Crippen LogP contribution in [-0.4, -0.2) is 11.2 Å². The Bertz CT molecular complexity index is 945. The smallest absolute Gasteiger partial charge is 0.237 e. The molecule has 5 heteroatoms. The number of aryl methyl sites for hydroxylation is 1. The highest BCUT2D eigenvalue weighted by Gasteiger charge is 2.18. The normalized spacial score (nSPS) is 11.8. The highest BCUT2D eigenvalue weighted by atomic mass is 35.5. The first-order valence-electron chi connectivity index (χ1n) is 9.55. The first-order chi connectivity index (χ1) is 14.0. The van der Waals surface area contributed by atoms with Gasteiger partial charge < -0.3 is 5.32 Å². The fourth-order valence-corrected chi connectivity index (χ4v) is 4.79. The van der Waals surface area contributed by atoms with Crippen LogP contribution in [0.15, 0.2) is 82.6 Å². The Kier molecular flexibility index (Phi) is 8.10. The lowest BCUT2D eigenvalue weighted by Gasteiger charge is -2.16. The van der Waals surface area contributed by atoms with Crippen molar-refractivity contribution in [2.75, 3.05) is 5.32 Å². The summed E-state index contributed by atoms with van der Waals surface area (Å²) in [6.07, 6.45) is 0.754. The Balaban J connectivity index is 1.60. The van der Waals surface area contributed by atoms with Crippen molar-refractivity contribution in [2.45, 2.75) is 41.1 Å². The summed E-state index contributed by atoms with van der Waals surface area (Å²) in [5.41, 5.74) is 3.20. The maximum atomic E-state index is 12.8. The zero-order chi connectivity index (χ0) is 20.6. The number of nitrogens with one attached hydrogen (secondary N) is 1. The average molecular weight is 442 g/mol. The van der Waals surface area contributed by atoms with Gasteiger partial charge in [-0.1, -0.05) is 48.9 Å². The van der Waals surface area contributed by atoms with Crippen LogP contribution in [-0.2, 0) is 10.5 Å². The van der Waals surface area contributed by atoms with Crippen LogP contribution in [0.2, 0.25) is 5.02 Å². The van der Waals surface area contributed by atoms with Gasteiger partial charge in [0, 0.05) is 26.3 Å². The third kappa shape index (κ3) is 6.56. The minimum Gasteiger partial charge on any atom is -0.325 e. The van der Waals surface area contributed by atoms with E-state index in [2.05, 4.69) is 41.7 Å². The van der Waals surface area contributed by atoms with E-state index in [-0.39, 0.29) is 11.2 Å². The van der Waals surface area contributed by atoms with E-state index in [9.17, 15) is 4.79 Å². The van der Waals surface area contributed by atoms with Crippen molar-refractivity contribution in [2.24, 2.45) is 0 Å². The van der Waals surface area contributed by atoms with Crippen LogP contribution in [0, 0.1) is 6.92 Å². The second kappa shape index (κ2) is 10.8. The van der Waals surface area contributed by atoms with Gasteiger partial charge in [0.2, 0.25) is 5.91 Å². The van der Waals surface area contributed by atoms with Crippen LogP contribution in [0.1, 0.15) is 24.5 Å². The predicted octanol–water partition coefficient (Wildman–Crippen LogP) is 7.45. The largest absolute Gasteiger partial charge is 0.325 e. The van der Waals surface area contributed by atoms with Crippen molar-refractivity contribution in [3.05, 3.63) is 88.9 Å². The molecule has 3 rings (SSSR count). The molecule has 0 heterocycles. The highest BCUT2D eigenvalue weighted by molar-refractivity contribution is 8.00. The molecular formula is C24H24ClNOS2. The van der Waals surface area contributed by atoms with Crippen LogP contribution in [0.5, 0.6) is 0 Å². The van der Waals surface area contributed by atoms with E-state index in [4.69, 9.17) is 11.6 Å². The van der Waals surface area contributed by atoms with Gasteiger partial charge >= 0.3 is 0 Å². The molecule has 29 heavy (non-hydrogen) atoms. The molecule has 3 aromatic carbocycles. The van der Waals surface area contributed by atoms with Crippen LogP contribution >= 0.6 is 35.1 Å². The molecule has 0 unspecified atom stereocenters. The summed E-state index contributed by atoms with van der Waals surface area (Å²) in [6, 6.07) is 24.2. The van der Waals surface area contributed by atoms with Gasteiger partial charge in [0.15, 0.2) is 0 Å². The highest BCUT2D eigenvalue weighted by Crippen LogP contribution is 2.29. The molecule has 0 aliphatic rings. The van der Waals surface area contributed by atoms with Crippen molar-refractivity contribution in [3.63, 3.8) is 0 Å². The minimum absolute atomic E-state index is 0.0296. The van der Waals surface area contributed by atoms with Crippen molar-refractivity contribution in [3.8, 4) is 0 Å². The number of anilines is 1. The lowest BCUT2D eigenvalue weighted by Crippen LogP contribution is -2.24. The van der Waals surface area contributed by atoms with Crippen LogP contribution in [0.4, 0.5) is 5.69 Å². The van der Waals surface area contributed by atoms with Crippen LogP contribution in [0.3, 0.4) is 0 Å². The van der Waals surface area contributed by atoms with Crippen molar-refractivity contribution >= 4 is 46.7 Å². The molecule has 1 amide bonds. The van der Waals surface area contributed by atoms with Gasteiger partial charge in [0.1, 0.15) is 0 Å². The number of thioether (sulfide) groups is 2. The Morgan fingerprint density at radius 1 is 1.00 bits per heavy atom. The topological polar surface area (TPSA) is 29.1 Å². The fourth-order valence-electron chi connectivity index (χ4n) is 2.85. The van der Waals surface area contributed by atoms with Crippen LogP contribution < -0.4 is 5.32 Å². The van der Waals surface area contributed by atoms with Gasteiger partial charge in [-0.05, 0) is 66.9 Å². The number of benzene rings is 3. The number of amides is 1. The minimum atomic E-state index is -0.149. The summed E-state index contributed by atoms with van der Waals surface area (Å²) < 4.78 is 0. The number of halogens is 1. The maximum absolute atomic E-state index is 12.8. The molecule has 150 valence electrons. The molecule has 0 saturated heterocycles. The van der Waals surface area contributed by atoms with E-state index in [0.29, 0.717) is 5.02 Å². The monoisotopic (exact) mass is 441 g/mol. The van der Waals surface area contributed by atoms with Gasteiger partial charge in [-0.3, -0.25) is 4.79 Å². The maximum Gasteiger partial charge on any atom is 0.237 e. The summed E-state index contributed by atoms with van der Waals surface area (Å²) >= 11 is 9.33. The van der Waals surface area contributed by atoms with E-state index in [1.54, 1.807) is 11.8 Å². The standard InChI is InChI=1S/C24H24ClNOS2/c1-3-23(29-21-12-10-19(25)11-13-21)24(27)26-22-14-9-18(15-17(22)2)16-28-20-7-5-4-6-8-20/h4-15,23H,3,16H2,1-2H3,(H,26,27)/t23-/m1/s1. The molecule has 1 N–H and O–H groups in total. The SMILES string of the molecule is CC[C@@H](Sc1ccc(Cl)cc1)C(=O)Nc1ccc(CSc2ccccc2)cc1C. The van der Waals surface area contributed by atoms with Crippen molar-refractivity contribution in [1.82, 2.24) is 0 Å². The third-order valence-electron chi connectivity index (χ3n) is 4.45. The first kappa shape index (κ1) is 21.8. The lowest BCUT2D eigenvalue weighted by atomic mass is 10.1.